The first-order valence-corrected chi connectivity index (χ1v) is 16.0. The molecule has 48 heavy (non-hydrogen) atoms. The minimum Gasteiger partial charge on any atom is -0.394 e. The Morgan fingerprint density at radius 1 is 0.750 bits per heavy atom. The van der Waals surface area contributed by atoms with Crippen molar-refractivity contribution in [2.24, 2.45) is 34.4 Å². The highest BCUT2D eigenvalue weighted by Gasteiger charge is 2.54. The van der Waals surface area contributed by atoms with E-state index in [1.54, 1.807) is 0 Å². The Bertz CT molecular complexity index is 1030. The Labute approximate surface area is 276 Å². The largest absolute Gasteiger partial charge is 0.394 e. The van der Waals surface area contributed by atoms with Crippen LogP contribution in [-0.4, -0.2) is 184 Å². The zero-order valence-electron chi connectivity index (χ0n) is 26.4. The van der Waals surface area contributed by atoms with Gasteiger partial charge in [0.15, 0.2) is 25.0 Å². The van der Waals surface area contributed by atoms with E-state index in [0.29, 0.717) is 0 Å². The van der Waals surface area contributed by atoms with E-state index in [0.717, 1.165) is 0 Å². The van der Waals surface area contributed by atoms with E-state index in [2.05, 4.69) is 5.32 Å². The van der Waals surface area contributed by atoms with Gasteiger partial charge in [-0.2, -0.15) is 0 Å². The van der Waals surface area contributed by atoms with Crippen molar-refractivity contribution in [2.45, 2.75) is 136 Å². The molecule has 3 heterocycles. The Morgan fingerprint density at radius 3 is 1.77 bits per heavy atom. The molecule has 21 heteroatoms. The predicted molar refractivity (Wildman–Crippen MR) is 161 cm³/mol. The molecule has 3 aliphatic heterocycles. The first-order valence-electron chi connectivity index (χ1n) is 16.0. The number of rotatable bonds is 13. The molecule has 21 nitrogen and oxygen atoms in total. The van der Waals surface area contributed by atoms with Crippen LogP contribution in [0.1, 0.15) is 19.3 Å². The maximum Gasteiger partial charge on any atom is 0.251 e. The van der Waals surface area contributed by atoms with Crippen LogP contribution < -0.4 is 39.7 Å². The third-order valence-corrected chi connectivity index (χ3v) is 9.27. The van der Waals surface area contributed by atoms with Crippen LogP contribution in [0.25, 0.3) is 0 Å². The molecule has 4 fully saturated rings. The third-order valence-electron chi connectivity index (χ3n) is 9.27. The molecule has 0 aromatic heterocycles. The summed E-state index contributed by atoms with van der Waals surface area (Å²) in [5.74, 6) is -1.05. The average Bonchev–Trinajstić information content (AvgIpc) is 3.36. The van der Waals surface area contributed by atoms with Crippen LogP contribution in [0.2, 0.25) is 0 Å². The van der Waals surface area contributed by atoms with Crippen LogP contribution in [0.5, 0.6) is 0 Å². The number of nitrogens with one attached hydrogen (secondary N) is 1. The van der Waals surface area contributed by atoms with Gasteiger partial charge in [0, 0.05) is 38.5 Å². The molecule has 4 rings (SSSR count). The summed E-state index contributed by atoms with van der Waals surface area (Å²) >= 11 is 0. The summed E-state index contributed by atoms with van der Waals surface area (Å²) in [6.07, 6.45) is -19.4. The number of hydrogen-bond donors (Lipinski definition) is 14. The second-order valence-electron chi connectivity index (χ2n) is 12.8. The molecule has 19 unspecified atom stereocenters. The molecule has 1 saturated carbocycles. The summed E-state index contributed by atoms with van der Waals surface area (Å²) in [6, 6.07) is -4.31. The average molecular weight is 700 g/mol. The fourth-order valence-corrected chi connectivity index (χ4v) is 6.32. The number of ether oxygens (including phenoxy) is 6. The molecule has 1 aliphatic carbocycles. The lowest BCUT2D eigenvalue weighted by atomic mass is 9.83. The number of nitrogens with two attached hydrogens (primary N) is 6. The van der Waals surface area contributed by atoms with E-state index in [4.69, 9.17) is 62.8 Å². The van der Waals surface area contributed by atoms with E-state index in [1.165, 1.54) is 0 Å². The van der Waals surface area contributed by atoms with Gasteiger partial charge in [0.2, 0.25) is 0 Å². The van der Waals surface area contributed by atoms with E-state index < -0.39 is 135 Å². The Hall–Kier alpha value is -1.29. The summed E-state index contributed by atoms with van der Waals surface area (Å²) in [5, 5.41) is 76.2. The van der Waals surface area contributed by atoms with Gasteiger partial charge in [0.05, 0.1) is 49.1 Å². The zero-order chi connectivity index (χ0) is 35.4. The fraction of sp³-hybridized carbons (Fsp3) is 0.963. The second kappa shape index (κ2) is 17.3. The van der Waals surface area contributed by atoms with Crippen LogP contribution in [-0.2, 0) is 33.2 Å². The number of carbonyl (C=O) groups excluding carboxylic acids is 1. The van der Waals surface area contributed by atoms with Gasteiger partial charge in [-0.25, -0.2) is 0 Å². The molecule has 3 saturated heterocycles. The zero-order valence-corrected chi connectivity index (χ0v) is 26.4. The van der Waals surface area contributed by atoms with Crippen molar-refractivity contribution in [1.29, 1.82) is 0 Å². The lowest BCUT2D eigenvalue weighted by molar-refractivity contribution is -0.295. The molecule has 1 amide bonds. The molecule has 0 aromatic carbocycles. The van der Waals surface area contributed by atoms with Crippen LogP contribution in [0.3, 0.4) is 0 Å². The minimum absolute atomic E-state index is 0.0391. The summed E-state index contributed by atoms with van der Waals surface area (Å²) in [7, 11) is 0. The molecule has 0 radical (unpaired) electrons. The van der Waals surface area contributed by atoms with Crippen molar-refractivity contribution in [3.05, 3.63) is 0 Å². The van der Waals surface area contributed by atoms with E-state index in [9.17, 15) is 40.5 Å². The molecule has 0 bridgehead atoms. The van der Waals surface area contributed by atoms with E-state index >= 15 is 0 Å². The molecule has 20 N–H and O–H groups in total. The molecule has 280 valence electrons. The summed E-state index contributed by atoms with van der Waals surface area (Å²) in [5.41, 5.74) is 35.5. The van der Waals surface area contributed by atoms with E-state index in [1.807, 2.05) is 0 Å². The smallest absolute Gasteiger partial charge is 0.251 e. The topological polar surface area (TPSA) is 382 Å². The third kappa shape index (κ3) is 8.77. The van der Waals surface area contributed by atoms with Crippen LogP contribution >= 0.6 is 0 Å². The molecule has 0 spiro atoms. The van der Waals surface area contributed by atoms with Gasteiger partial charge in [-0.15, -0.1) is 0 Å². The van der Waals surface area contributed by atoms with Crippen LogP contribution in [0, 0.1) is 0 Å². The summed E-state index contributed by atoms with van der Waals surface area (Å²) in [4.78, 5) is 12.7. The van der Waals surface area contributed by atoms with Gasteiger partial charge in [0.25, 0.3) is 5.91 Å². The van der Waals surface area contributed by atoms with Gasteiger partial charge in [-0.3, -0.25) is 4.79 Å². The van der Waals surface area contributed by atoms with Crippen LogP contribution in [0.15, 0.2) is 0 Å². The maximum atomic E-state index is 12.7. The Morgan fingerprint density at radius 2 is 1.27 bits per heavy atom. The van der Waals surface area contributed by atoms with Gasteiger partial charge in [-0.05, 0) is 6.42 Å². The van der Waals surface area contributed by atoms with Crippen LogP contribution in [0.4, 0.5) is 0 Å². The SMILES string of the molecule is NCC1CC(O)C(N)C(OC2C(CO)OC(OC3C(O)C(NC(=O)C(O)C(O)CN)CC(N)C3OC3OC(CN)CC(O)C3N)C2O)O1. The number of carbonyl (C=O) groups is 1. The quantitative estimate of drug-likeness (QED) is 0.0848. The van der Waals surface area contributed by atoms with Gasteiger partial charge in [0.1, 0.15) is 42.7 Å². The van der Waals surface area contributed by atoms with Gasteiger partial charge >= 0.3 is 0 Å². The molecule has 19 atom stereocenters. The number of hydrogen-bond acceptors (Lipinski definition) is 20. The number of aliphatic hydroxyl groups excluding tert-OH is 7. The monoisotopic (exact) mass is 699 g/mol. The predicted octanol–water partition coefficient (Wildman–Crippen LogP) is -9.00. The highest BCUT2D eigenvalue weighted by atomic mass is 16.8. The Balaban J connectivity index is 1.56. The van der Waals surface area contributed by atoms with Crippen molar-refractivity contribution in [3.8, 4) is 0 Å². The van der Waals surface area contributed by atoms with Crippen molar-refractivity contribution in [2.75, 3.05) is 26.2 Å². The molecular weight excluding hydrogens is 646 g/mol. The first kappa shape index (κ1) is 39.5. The molecule has 4 aliphatic rings. The lowest BCUT2D eigenvalue weighted by Gasteiger charge is -2.47. The minimum atomic E-state index is -1.93. The van der Waals surface area contributed by atoms with Crippen molar-refractivity contribution in [1.82, 2.24) is 5.32 Å². The number of amides is 1. The Kier molecular flexibility index (Phi) is 14.2. The summed E-state index contributed by atoms with van der Waals surface area (Å²) < 4.78 is 35.4. The van der Waals surface area contributed by atoms with Crippen molar-refractivity contribution in [3.63, 3.8) is 0 Å². The summed E-state index contributed by atoms with van der Waals surface area (Å²) in [6.45, 7) is -0.990. The molecule has 0 aromatic rings. The number of aliphatic hydroxyl groups is 7. The maximum absolute atomic E-state index is 12.7. The first-order chi connectivity index (χ1) is 22.7. The second-order valence-corrected chi connectivity index (χ2v) is 12.8. The highest BCUT2D eigenvalue weighted by Crippen LogP contribution is 2.34. The van der Waals surface area contributed by atoms with Crippen molar-refractivity contribution >= 4 is 5.91 Å². The van der Waals surface area contributed by atoms with Crippen molar-refractivity contribution < 1.29 is 69.0 Å². The standard InChI is InChI=1S/C27H53N7O14/c28-4-8-1-12(36)16(32)25(43-8)46-21-10(31)3-11(34-24(42)19(40)14(38)6-30)18(39)23(21)48-27-20(41)22(15(7-35)45-27)47-26-17(33)13(37)2-9(5-29)44-26/h8-23,25-27,35-41H,1-7,28-33H2,(H,34,42). The van der Waals surface area contributed by atoms with E-state index in [-0.39, 0.29) is 32.4 Å². The lowest BCUT2D eigenvalue weighted by Crippen LogP contribution is -2.68. The molecular formula is C27H53N7O14. The fourth-order valence-electron chi connectivity index (χ4n) is 6.32. The normalized spacial score (nSPS) is 46.6. The highest BCUT2D eigenvalue weighted by molar-refractivity contribution is 5.81. The van der Waals surface area contributed by atoms with Gasteiger partial charge in [-0.1, -0.05) is 0 Å². The van der Waals surface area contributed by atoms with Gasteiger partial charge < -0.3 is 104 Å².